The summed E-state index contributed by atoms with van der Waals surface area (Å²) >= 11 is 6.00. The van der Waals surface area contributed by atoms with E-state index in [1.165, 1.54) is 18.3 Å². The van der Waals surface area contributed by atoms with Gasteiger partial charge in [-0.15, -0.1) is 0 Å². The molecular formula is C14H16ClN3O2S. The minimum Gasteiger partial charge on any atom is -0.370 e. The van der Waals surface area contributed by atoms with E-state index in [1.807, 2.05) is 13.8 Å². The van der Waals surface area contributed by atoms with Crippen molar-refractivity contribution >= 4 is 33.1 Å². The van der Waals surface area contributed by atoms with Gasteiger partial charge < -0.3 is 5.32 Å². The molecule has 21 heavy (non-hydrogen) atoms. The molecule has 0 amide bonds. The second kappa shape index (κ2) is 6.32. The van der Waals surface area contributed by atoms with E-state index in [2.05, 4.69) is 15.0 Å². The molecule has 0 radical (unpaired) electrons. The monoisotopic (exact) mass is 325 g/mol. The highest BCUT2D eigenvalue weighted by molar-refractivity contribution is 7.92. The van der Waals surface area contributed by atoms with Gasteiger partial charge in [0.1, 0.15) is 5.82 Å². The van der Waals surface area contributed by atoms with Crippen molar-refractivity contribution in [3.8, 4) is 0 Å². The molecule has 0 aliphatic carbocycles. The molecule has 1 heterocycles. The Labute approximate surface area is 129 Å². The lowest BCUT2D eigenvalue weighted by atomic mass is 10.2. The number of nitrogens with one attached hydrogen (secondary N) is 2. The SMILES string of the molecule is CCNc1cc(S(=O)(=O)Nc2ccc(C)c(Cl)c2)ccn1. The predicted octanol–water partition coefficient (Wildman–Crippen LogP) is 3.28. The molecule has 0 saturated carbocycles. The maximum atomic E-state index is 12.3. The molecule has 2 N–H and O–H groups in total. The van der Waals surface area contributed by atoms with Crippen LogP contribution in [0.25, 0.3) is 0 Å². The molecule has 0 atom stereocenters. The molecule has 0 saturated heterocycles. The van der Waals surface area contributed by atoms with E-state index in [4.69, 9.17) is 11.6 Å². The first-order chi connectivity index (χ1) is 9.92. The lowest BCUT2D eigenvalue weighted by Crippen LogP contribution is -2.13. The number of nitrogens with zero attached hydrogens (tertiary/aromatic N) is 1. The predicted molar refractivity (Wildman–Crippen MR) is 85.4 cm³/mol. The number of sulfonamides is 1. The van der Waals surface area contributed by atoms with E-state index in [0.717, 1.165) is 5.56 Å². The highest BCUT2D eigenvalue weighted by Crippen LogP contribution is 2.23. The zero-order valence-corrected chi connectivity index (χ0v) is 13.3. The van der Waals surface area contributed by atoms with Crippen LogP contribution in [0, 0.1) is 6.92 Å². The summed E-state index contributed by atoms with van der Waals surface area (Å²) in [6.45, 7) is 4.43. The zero-order valence-electron chi connectivity index (χ0n) is 11.7. The number of anilines is 2. The fourth-order valence-corrected chi connectivity index (χ4v) is 2.97. The summed E-state index contributed by atoms with van der Waals surface area (Å²) in [5.74, 6) is 0.516. The maximum absolute atomic E-state index is 12.3. The lowest BCUT2D eigenvalue weighted by molar-refractivity contribution is 0.601. The summed E-state index contributed by atoms with van der Waals surface area (Å²) < 4.78 is 27.2. The van der Waals surface area contributed by atoms with Crippen LogP contribution in [0.4, 0.5) is 11.5 Å². The molecule has 112 valence electrons. The van der Waals surface area contributed by atoms with E-state index < -0.39 is 10.0 Å². The standard InChI is InChI=1S/C14H16ClN3O2S/c1-3-16-14-9-12(6-7-17-14)21(19,20)18-11-5-4-10(2)13(15)8-11/h4-9,18H,3H2,1-2H3,(H,16,17). The summed E-state index contributed by atoms with van der Waals surface area (Å²) in [5, 5.41) is 3.49. The van der Waals surface area contributed by atoms with Gasteiger partial charge in [0.05, 0.1) is 10.6 Å². The van der Waals surface area contributed by atoms with E-state index in [9.17, 15) is 8.42 Å². The summed E-state index contributed by atoms with van der Waals surface area (Å²) in [4.78, 5) is 4.19. The summed E-state index contributed by atoms with van der Waals surface area (Å²) in [6, 6.07) is 7.95. The van der Waals surface area contributed by atoms with Gasteiger partial charge in [-0.1, -0.05) is 17.7 Å². The Kier molecular flexibility index (Phi) is 4.69. The number of benzene rings is 1. The Bertz CT molecular complexity index is 748. The van der Waals surface area contributed by atoms with Gasteiger partial charge in [0.2, 0.25) is 0 Å². The topological polar surface area (TPSA) is 71.1 Å². The van der Waals surface area contributed by atoms with Crippen molar-refractivity contribution in [2.75, 3.05) is 16.6 Å². The van der Waals surface area contributed by atoms with E-state index >= 15 is 0 Å². The molecule has 1 aromatic carbocycles. The quantitative estimate of drug-likeness (QED) is 0.885. The minimum atomic E-state index is -3.67. The van der Waals surface area contributed by atoms with Gasteiger partial charge in [0, 0.05) is 23.8 Å². The molecule has 7 heteroatoms. The molecule has 0 unspecified atom stereocenters. The first-order valence-corrected chi connectivity index (χ1v) is 8.27. The highest BCUT2D eigenvalue weighted by atomic mass is 35.5. The second-order valence-electron chi connectivity index (χ2n) is 4.48. The second-order valence-corrected chi connectivity index (χ2v) is 6.57. The van der Waals surface area contributed by atoms with Crippen molar-refractivity contribution in [2.45, 2.75) is 18.7 Å². The van der Waals surface area contributed by atoms with Crippen LogP contribution in [0.15, 0.2) is 41.4 Å². The van der Waals surface area contributed by atoms with Crippen molar-refractivity contribution < 1.29 is 8.42 Å². The van der Waals surface area contributed by atoms with Crippen molar-refractivity contribution in [3.05, 3.63) is 47.1 Å². The number of pyridine rings is 1. The third-order valence-electron chi connectivity index (χ3n) is 2.82. The van der Waals surface area contributed by atoms with Gasteiger partial charge in [-0.2, -0.15) is 0 Å². The molecular weight excluding hydrogens is 310 g/mol. The average molecular weight is 326 g/mol. The zero-order chi connectivity index (χ0) is 15.5. The molecule has 0 spiro atoms. The first-order valence-electron chi connectivity index (χ1n) is 6.41. The Morgan fingerprint density at radius 3 is 2.67 bits per heavy atom. The number of hydrogen-bond acceptors (Lipinski definition) is 4. The fourth-order valence-electron chi connectivity index (χ4n) is 1.73. The number of halogens is 1. The summed E-state index contributed by atoms with van der Waals surface area (Å²) in [6.07, 6.45) is 1.45. The van der Waals surface area contributed by atoms with Gasteiger partial charge >= 0.3 is 0 Å². The van der Waals surface area contributed by atoms with Crippen LogP contribution >= 0.6 is 11.6 Å². The van der Waals surface area contributed by atoms with Crippen molar-refractivity contribution in [3.63, 3.8) is 0 Å². The van der Waals surface area contributed by atoms with Gasteiger partial charge in [-0.25, -0.2) is 13.4 Å². The largest absolute Gasteiger partial charge is 0.370 e. The van der Waals surface area contributed by atoms with E-state index in [1.54, 1.807) is 18.2 Å². The highest BCUT2D eigenvalue weighted by Gasteiger charge is 2.15. The van der Waals surface area contributed by atoms with Crippen LogP contribution in [0.2, 0.25) is 5.02 Å². The first kappa shape index (κ1) is 15.6. The number of hydrogen-bond donors (Lipinski definition) is 2. The normalized spacial score (nSPS) is 11.2. The average Bonchev–Trinajstić information content (AvgIpc) is 2.43. The van der Waals surface area contributed by atoms with E-state index in [-0.39, 0.29) is 4.90 Å². The van der Waals surface area contributed by atoms with Crippen molar-refractivity contribution in [1.29, 1.82) is 0 Å². The molecule has 1 aromatic heterocycles. The minimum absolute atomic E-state index is 0.144. The van der Waals surface area contributed by atoms with Gasteiger partial charge in [0.15, 0.2) is 0 Å². The molecule has 2 rings (SSSR count). The maximum Gasteiger partial charge on any atom is 0.262 e. The Hall–Kier alpha value is -1.79. The Morgan fingerprint density at radius 2 is 2.00 bits per heavy atom. The fraction of sp³-hybridized carbons (Fsp3) is 0.214. The lowest BCUT2D eigenvalue weighted by Gasteiger charge is -2.10. The molecule has 0 aliphatic rings. The van der Waals surface area contributed by atoms with Gasteiger partial charge in [-0.3, -0.25) is 4.72 Å². The Balaban J connectivity index is 2.29. The van der Waals surface area contributed by atoms with Crippen LogP contribution in [0.3, 0.4) is 0 Å². The van der Waals surface area contributed by atoms with Gasteiger partial charge in [0.25, 0.3) is 10.0 Å². The molecule has 2 aromatic rings. The smallest absolute Gasteiger partial charge is 0.262 e. The third kappa shape index (κ3) is 3.86. The van der Waals surface area contributed by atoms with Crippen LogP contribution < -0.4 is 10.0 Å². The van der Waals surface area contributed by atoms with Crippen molar-refractivity contribution in [2.24, 2.45) is 0 Å². The van der Waals surface area contributed by atoms with Crippen LogP contribution in [0.5, 0.6) is 0 Å². The molecule has 0 bridgehead atoms. The van der Waals surface area contributed by atoms with Crippen LogP contribution in [0.1, 0.15) is 12.5 Å². The third-order valence-corrected chi connectivity index (χ3v) is 4.61. The number of rotatable bonds is 5. The van der Waals surface area contributed by atoms with Crippen molar-refractivity contribution in [1.82, 2.24) is 4.98 Å². The molecule has 0 aliphatic heterocycles. The number of aryl methyl sites for hydroxylation is 1. The summed E-state index contributed by atoms with van der Waals surface area (Å²) in [5.41, 5.74) is 1.31. The Morgan fingerprint density at radius 1 is 1.24 bits per heavy atom. The number of aromatic nitrogens is 1. The van der Waals surface area contributed by atoms with Crippen LogP contribution in [-0.4, -0.2) is 19.9 Å². The molecule has 5 nitrogen and oxygen atoms in total. The summed E-state index contributed by atoms with van der Waals surface area (Å²) in [7, 11) is -3.67. The van der Waals surface area contributed by atoms with Gasteiger partial charge in [-0.05, 0) is 37.6 Å². The van der Waals surface area contributed by atoms with Crippen LogP contribution in [-0.2, 0) is 10.0 Å². The van der Waals surface area contributed by atoms with E-state index in [0.29, 0.717) is 23.1 Å². The molecule has 0 fully saturated rings.